The van der Waals surface area contributed by atoms with Gasteiger partial charge in [0.2, 0.25) is 0 Å². The summed E-state index contributed by atoms with van der Waals surface area (Å²) in [7, 11) is 0. The molecule has 0 radical (unpaired) electrons. The summed E-state index contributed by atoms with van der Waals surface area (Å²) >= 11 is 5.75. The minimum Gasteiger partial charge on any atom is -0.215 e. The summed E-state index contributed by atoms with van der Waals surface area (Å²) in [5.74, 6) is -1.49. The Hall–Kier alpha value is -2.08. The molecule has 0 aliphatic carbocycles. The van der Waals surface area contributed by atoms with Gasteiger partial charge in [0.25, 0.3) is 0 Å². The van der Waals surface area contributed by atoms with Crippen LogP contribution in [-0.4, -0.2) is 20.0 Å². The third-order valence-corrected chi connectivity index (χ3v) is 2.62. The maximum Gasteiger partial charge on any atom is 0.185 e. The highest BCUT2D eigenvalue weighted by molar-refractivity contribution is 6.29. The highest BCUT2D eigenvalue weighted by atomic mass is 35.5. The molecule has 2 heterocycles. The Kier molecular flexibility index (Phi) is 2.45. The average Bonchev–Trinajstić information content (AvgIpc) is 2.72. The van der Waals surface area contributed by atoms with E-state index in [2.05, 4.69) is 15.3 Å². The summed E-state index contributed by atoms with van der Waals surface area (Å²) in [6.45, 7) is 0. The number of benzene rings is 1. The van der Waals surface area contributed by atoms with Gasteiger partial charge in [0.15, 0.2) is 17.3 Å². The number of hydrogen-bond acceptors (Lipinski definition) is 3. The maximum atomic E-state index is 13.7. The number of hydrogen-bond donors (Lipinski definition) is 0. The van der Waals surface area contributed by atoms with E-state index in [4.69, 9.17) is 11.6 Å². The van der Waals surface area contributed by atoms with Crippen LogP contribution in [0.5, 0.6) is 0 Å². The highest BCUT2D eigenvalue weighted by Gasteiger charge is 2.16. The Morgan fingerprint density at radius 3 is 2.50 bits per heavy atom. The summed E-state index contributed by atoms with van der Waals surface area (Å²) in [4.78, 5) is 3.96. The molecule has 2 aromatic heterocycles. The third-order valence-electron chi connectivity index (χ3n) is 2.41. The SMILES string of the molecule is Fc1cccc(F)c1-n1nnc2ccc(Cl)nc21. The first-order valence-corrected chi connectivity index (χ1v) is 5.37. The van der Waals surface area contributed by atoms with Crippen LogP contribution in [0.1, 0.15) is 0 Å². The summed E-state index contributed by atoms with van der Waals surface area (Å²) in [6, 6.07) is 6.65. The predicted octanol–water partition coefficient (Wildman–Crippen LogP) is 2.75. The average molecular weight is 267 g/mol. The van der Waals surface area contributed by atoms with Crippen molar-refractivity contribution in [3.63, 3.8) is 0 Å². The van der Waals surface area contributed by atoms with Gasteiger partial charge in [-0.25, -0.2) is 13.8 Å². The quantitative estimate of drug-likeness (QED) is 0.636. The van der Waals surface area contributed by atoms with Crippen LogP contribution in [0.4, 0.5) is 8.78 Å². The maximum absolute atomic E-state index is 13.7. The zero-order chi connectivity index (χ0) is 12.7. The molecule has 0 saturated heterocycles. The van der Waals surface area contributed by atoms with Crippen LogP contribution < -0.4 is 0 Å². The molecule has 0 N–H and O–H groups in total. The van der Waals surface area contributed by atoms with Gasteiger partial charge in [-0.05, 0) is 24.3 Å². The summed E-state index contributed by atoms with van der Waals surface area (Å²) in [5, 5.41) is 7.67. The predicted molar refractivity (Wildman–Crippen MR) is 61.6 cm³/mol. The summed E-state index contributed by atoms with van der Waals surface area (Å²) < 4.78 is 28.3. The van der Waals surface area contributed by atoms with Crippen molar-refractivity contribution in [2.75, 3.05) is 0 Å². The van der Waals surface area contributed by atoms with E-state index in [-0.39, 0.29) is 16.5 Å². The van der Waals surface area contributed by atoms with Gasteiger partial charge in [0.1, 0.15) is 16.4 Å². The Morgan fingerprint density at radius 2 is 1.78 bits per heavy atom. The van der Waals surface area contributed by atoms with E-state index in [1.54, 1.807) is 6.07 Å². The first kappa shape index (κ1) is 11.0. The van der Waals surface area contributed by atoms with Gasteiger partial charge < -0.3 is 0 Å². The van der Waals surface area contributed by atoms with Crippen molar-refractivity contribution in [2.45, 2.75) is 0 Å². The Labute approximate surface area is 105 Å². The standard InChI is InChI=1S/C11H5ClF2N4/c12-9-5-4-8-11(15-9)18(17-16-8)10-6(13)2-1-3-7(10)14/h1-5H. The molecule has 0 spiro atoms. The molecule has 18 heavy (non-hydrogen) atoms. The molecule has 0 aliphatic rings. The molecule has 90 valence electrons. The van der Waals surface area contributed by atoms with E-state index in [9.17, 15) is 8.78 Å². The van der Waals surface area contributed by atoms with Gasteiger partial charge in [-0.2, -0.15) is 4.68 Å². The van der Waals surface area contributed by atoms with Crippen molar-refractivity contribution < 1.29 is 8.78 Å². The topological polar surface area (TPSA) is 43.6 Å². The van der Waals surface area contributed by atoms with Crippen LogP contribution in [0.3, 0.4) is 0 Å². The number of pyridine rings is 1. The Balaban J connectivity index is 2.35. The van der Waals surface area contributed by atoms with Gasteiger partial charge in [-0.15, -0.1) is 5.10 Å². The molecule has 7 heteroatoms. The number of fused-ring (bicyclic) bond motifs is 1. The molecule has 0 fully saturated rings. The normalized spacial score (nSPS) is 11.1. The Morgan fingerprint density at radius 1 is 1.06 bits per heavy atom. The second-order valence-corrected chi connectivity index (χ2v) is 3.94. The lowest BCUT2D eigenvalue weighted by atomic mass is 10.3. The van der Waals surface area contributed by atoms with Crippen LogP contribution in [0.15, 0.2) is 30.3 Å². The van der Waals surface area contributed by atoms with Crippen LogP contribution in [0.2, 0.25) is 5.15 Å². The van der Waals surface area contributed by atoms with Gasteiger partial charge in [-0.3, -0.25) is 0 Å². The third kappa shape index (κ3) is 1.62. The van der Waals surface area contributed by atoms with Crippen LogP contribution in [0, 0.1) is 11.6 Å². The number of para-hydroxylation sites is 1. The minimum absolute atomic E-state index is 0.197. The van der Waals surface area contributed by atoms with Crippen molar-refractivity contribution >= 4 is 22.8 Å². The van der Waals surface area contributed by atoms with Gasteiger partial charge in [-0.1, -0.05) is 22.9 Å². The fourth-order valence-corrected chi connectivity index (χ4v) is 1.77. The van der Waals surface area contributed by atoms with E-state index in [0.717, 1.165) is 16.8 Å². The lowest BCUT2D eigenvalue weighted by Gasteiger charge is -2.04. The van der Waals surface area contributed by atoms with Crippen molar-refractivity contribution in [2.24, 2.45) is 0 Å². The summed E-state index contributed by atoms with van der Waals surface area (Å²) in [6.07, 6.45) is 0. The molecule has 0 aliphatic heterocycles. The zero-order valence-electron chi connectivity index (χ0n) is 8.81. The molecule has 1 aromatic carbocycles. The van der Waals surface area contributed by atoms with E-state index < -0.39 is 11.6 Å². The molecule has 0 unspecified atom stereocenters. The first-order valence-electron chi connectivity index (χ1n) is 4.99. The fraction of sp³-hybridized carbons (Fsp3) is 0. The van der Waals surface area contributed by atoms with E-state index in [0.29, 0.717) is 5.52 Å². The van der Waals surface area contributed by atoms with Crippen LogP contribution >= 0.6 is 11.6 Å². The van der Waals surface area contributed by atoms with E-state index in [1.807, 2.05) is 0 Å². The molecular formula is C11H5ClF2N4. The second-order valence-electron chi connectivity index (χ2n) is 3.55. The smallest absolute Gasteiger partial charge is 0.185 e. The molecular weight excluding hydrogens is 262 g/mol. The second kappa shape index (κ2) is 3.99. The van der Waals surface area contributed by atoms with Crippen LogP contribution in [-0.2, 0) is 0 Å². The number of rotatable bonds is 1. The molecule has 3 aromatic rings. The molecule has 0 bridgehead atoms. The van der Waals surface area contributed by atoms with Gasteiger partial charge in [0.05, 0.1) is 0 Å². The molecule has 0 saturated carbocycles. The fourth-order valence-electron chi connectivity index (χ4n) is 1.63. The minimum atomic E-state index is -0.747. The number of halogens is 3. The van der Waals surface area contributed by atoms with Crippen molar-refractivity contribution in [1.82, 2.24) is 20.0 Å². The van der Waals surface area contributed by atoms with E-state index in [1.165, 1.54) is 12.1 Å². The molecule has 0 atom stereocenters. The number of nitrogens with zero attached hydrogens (tertiary/aromatic N) is 4. The van der Waals surface area contributed by atoms with Gasteiger partial charge >= 0.3 is 0 Å². The van der Waals surface area contributed by atoms with Crippen molar-refractivity contribution in [3.8, 4) is 5.69 Å². The molecule has 3 rings (SSSR count). The highest BCUT2D eigenvalue weighted by Crippen LogP contribution is 2.21. The van der Waals surface area contributed by atoms with Crippen molar-refractivity contribution in [3.05, 3.63) is 47.1 Å². The van der Waals surface area contributed by atoms with Crippen molar-refractivity contribution in [1.29, 1.82) is 0 Å². The lowest BCUT2D eigenvalue weighted by molar-refractivity contribution is 0.558. The van der Waals surface area contributed by atoms with E-state index >= 15 is 0 Å². The van der Waals surface area contributed by atoms with Crippen LogP contribution in [0.25, 0.3) is 16.9 Å². The molecule has 0 amide bonds. The summed E-state index contributed by atoms with van der Waals surface area (Å²) in [5.41, 5.74) is 0.281. The molecule has 4 nitrogen and oxygen atoms in total. The first-order chi connectivity index (χ1) is 8.66. The largest absolute Gasteiger partial charge is 0.215 e. The zero-order valence-corrected chi connectivity index (χ0v) is 9.57. The van der Waals surface area contributed by atoms with Gasteiger partial charge in [0, 0.05) is 0 Å². The Bertz CT molecular complexity index is 721. The monoisotopic (exact) mass is 266 g/mol. The lowest BCUT2D eigenvalue weighted by Crippen LogP contribution is -2.04. The number of aromatic nitrogens is 4.